The Bertz CT molecular complexity index is 353. The summed E-state index contributed by atoms with van der Waals surface area (Å²) in [7, 11) is 0. The molecule has 0 saturated heterocycles. The molecule has 0 radical (unpaired) electrons. The van der Waals surface area contributed by atoms with Crippen molar-refractivity contribution in [2.24, 2.45) is 4.99 Å². The molecule has 11 heavy (non-hydrogen) atoms. The van der Waals surface area contributed by atoms with Gasteiger partial charge in [0.1, 0.15) is 0 Å². The monoisotopic (exact) mass is 145 g/mol. The van der Waals surface area contributed by atoms with Crippen molar-refractivity contribution in [3.05, 3.63) is 34.9 Å². The van der Waals surface area contributed by atoms with Crippen LogP contribution in [0.4, 0.5) is 0 Å². The van der Waals surface area contributed by atoms with Gasteiger partial charge in [0, 0.05) is 11.8 Å². The van der Waals surface area contributed by atoms with Crippen LogP contribution in [0.2, 0.25) is 0 Å². The molecule has 2 heteroatoms. The summed E-state index contributed by atoms with van der Waals surface area (Å²) in [4.78, 5) is 14.8. The van der Waals surface area contributed by atoms with E-state index in [2.05, 4.69) is 4.99 Å². The number of hydrogen-bond donors (Lipinski definition) is 0. The lowest BCUT2D eigenvalue weighted by Crippen LogP contribution is -1.94. The molecule has 1 aliphatic heterocycles. The highest BCUT2D eigenvalue weighted by atomic mass is 16.1. The molecule has 1 heterocycles. The number of aryl methyl sites for hydroxylation is 1. The lowest BCUT2D eigenvalue weighted by atomic mass is 10.0. The van der Waals surface area contributed by atoms with Crippen LogP contribution in [0.3, 0.4) is 0 Å². The summed E-state index contributed by atoms with van der Waals surface area (Å²) in [6, 6.07) is 5.75. The van der Waals surface area contributed by atoms with Gasteiger partial charge in [-0.2, -0.15) is 0 Å². The zero-order valence-electron chi connectivity index (χ0n) is 6.16. The van der Waals surface area contributed by atoms with Crippen LogP contribution < -0.4 is 0 Å². The second kappa shape index (κ2) is 2.02. The summed E-state index contributed by atoms with van der Waals surface area (Å²) in [5, 5.41) is 0. The van der Waals surface area contributed by atoms with Gasteiger partial charge in [0.25, 0.3) is 5.91 Å². The minimum atomic E-state index is -0.113. The highest BCUT2D eigenvalue weighted by Crippen LogP contribution is 2.17. The fourth-order valence-corrected chi connectivity index (χ4v) is 1.28. The summed E-state index contributed by atoms with van der Waals surface area (Å²) in [5.74, 6) is -0.113. The Kier molecular flexibility index (Phi) is 1.15. The summed E-state index contributed by atoms with van der Waals surface area (Å²) in [5.41, 5.74) is 2.70. The summed E-state index contributed by atoms with van der Waals surface area (Å²) in [6.07, 6.45) is 1.62. The van der Waals surface area contributed by atoms with E-state index < -0.39 is 0 Å². The Balaban J connectivity index is 2.74. The molecular weight excluding hydrogens is 138 g/mol. The smallest absolute Gasteiger partial charge is 0.267 e. The second-order valence-electron chi connectivity index (χ2n) is 2.60. The van der Waals surface area contributed by atoms with E-state index >= 15 is 0 Å². The third-order valence-electron chi connectivity index (χ3n) is 1.84. The molecule has 2 rings (SSSR count). The Morgan fingerprint density at radius 2 is 2.18 bits per heavy atom. The number of carbonyl (C=O) groups is 1. The average molecular weight is 145 g/mol. The van der Waals surface area contributed by atoms with Crippen molar-refractivity contribution in [2.75, 3.05) is 0 Å². The Hall–Kier alpha value is -1.44. The number of nitrogens with zero attached hydrogens (tertiary/aromatic N) is 1. The van der Waals surface area contributed by atoms with Gasteiger partial charge in [-0.3, -0.25) is 4.79 Å². The van der Waals surface area contributed by atoms with E-state index in [0.717, 1.165) is 16.7 Å². The zero-order chi connectivity index (χ0) is 7.84. The van der Waals surface area contributed by atoms with Crippen molar-refractivity contribution >= 4 is 12.1 Å². The number of hydrogen-bond acceptors (Lipinski definition) is 1. The maximum atomic E-state index is 11.1. The lowest BCUT2D eigenvalue weighted by molar-refractivity contribution is 0.101. The minimum absolute atomic E-state index is 0.113. The van der Waals surface area contributed by atoms with E-state index in [9.17, 15) is 4.79 Å². The fraction of sp³-hybridized carbons (Fsp3) is 0.111. The summed E-state index contributed by atoms with van der Waals surface area (Å²) in [6.45, 7) is 1.92. The first-order chi connectivity index (χ1) is 5.29. The Morgan fingerprint density at radius 3 is 2.91 bits per heavy atom. The van der Waals surface area contributed by atoms with E-state index in [1.807, 2.05) is 25.1 Å². The predicted molar refractivity (Wildman–Crippen MR) is 43.1 cm³/mol. The largest absolute Gasteiger partial charge is 0.277 e. The molecule has 1 aromatic rings. The maximum Gasteiger partial charge on any atom is 0.277 e. The Labute approximate surface area is 64.6 Å². The number of amides is 1. The van der Waals surface area contributed by atoms with Crippen LogP contribution in [0.1, 0.15) is 21.5 Å². The molecule has 54 valence electrons. The molecule has 0 spiro atoms. The average Bonchev–Trinajstić information content (AvgIpc) is 2.34. The molecule has 0 aromatic heterocycles. The van der Waals surface area contributed by atoms with Crippen LogP contribution in [0.25, 0.3) is 0 Å². The molecule has 1 amide bonds. The van der Waals surface area contributed by atoms with Crippen molar-refractivity contribution in [3.8, 4) is 0 Å². The van der Waals surface area contributed by atoms with E-state index in [0.29, 0.717) is 0 Å². The second-order valence-corrected chi connectivity index (χ2v) is 2.60. The number of benzene rings is 1. The molecule has 0 fully saturated rings. The van der Waals surface area contributed by atoms with Crippen molar-refractivity contribution in [1.29, 1.82) is 0 Å². The Morgan fingerprint density at radius 1 is 1.36 bits per heavy atom. The molecule has 0 bridgehead atoms. The van der Waals surface area contributed by atoms with Gasteiger partial charge >= 0.3 is 0 Å². The molecular formula is C9H7NO. The lowest BCUT2D eigenvalue weighted by Gasteiger charge is -1.97. The van der Waals surface area contributed by atoms with Crippen molar-refractivity contribution in [3.63, 3.8) is 0 Å². The van der Waals surface area contributed by atoms with Gasteiger partial charge in [0.2, 0.25) is 0 Å². The first-order valence-electron chi connectivity index (χ1n) is 3.47. The molecule has 1 aromatic carbocycles. The van der Waals surface area contributed by atoms with Gasteiger partial charge in [-0.05, 0) is 12.5 Å². The third-order valence-corrected chi connectivity index (χ3v) is 1.84. The number of rotatable bonds is 0. The van der Waals surface area contributed by atoms with Crippen molar-refractivity contribution < 1.29 is 4.79 Å². The van der Waals surface area contributed by atoms with Gasteiger partial charge in [-0.25, -0.2) is 4.99 Å². The van der Waals surface area contributed by atoms with Gasteiger partial charge in [0.05, 0.1) is 5.56 Å². The van der Waals surface area contributed by atoms with Crippen LogP contribution in [-0.4, -0.2) is 12.1 Å². The highest BCUT2D eigenvalue weighted by Gasteiger charge is 2.16. The normalized spacial score (nSPS) is 13.7. The molecule has 0 N–H and O–H groups in total. The number of aliphatic imine (C=N–C) groups is 1. The van der Waals surface area contributed by atoms with Crippen LogP contribution in [0.5, 0.6) is 0 Å². The van der Waals surface area contributed by atoms with Crippen LogP contribution >= 0.6 is 0 Å². The van der Waals surface area contributed by atoms with Gasteiger partial charge < -0.3 is 0 Å². The third kappa shape index (κ3) is 0.792. The van der Waals surface area contributed by atoms with Gasteiger partial charge in [-0.15, -0.1) is 0 Å². The van der Waals surface area contributed by atoms with Crippen LogP contribution in [0.15, 0.2) is 23.2 Å². The first kappa shape index (κ1) is 6.28. The SMILES string of the molecule is Cc1cccc2c1C(=O)N=C2. The van der Waals surface area contributed by atoms with Crippen LogP contribution in [-0.2, 0) is 0 Å². The highest BCUT2D eigenvalue weighted by molar-refractivity contribution is 6.13. The van der Waals surface area contributed by atoms with E-state index in [1.54, 1.807) is 6.21 Å². The maximum absolute atomic E-state index is 11.1. The first-order valence-corrected chi connectivity index (χ1v) is 3.47. The van der Waals surface area contributed by atoms with Crippen molar-refractivity contribution in [1.82, 2.24) is 0 Å². The molecule has 0 atom stereocenters. The molecule has 0 saturated carbocycles. The summed E-state index contributed by atoms with van der Waals surface area (Å²) < 4.78 is 0. The van der Waals surface area contributed by atoms with E-state index in [4.69, 9.17) is 0 Å². The van der Waals surface area contributed by atoms with E-state index in [-0.39, 0.29) is 5.91 Å². The predicted octanol–water partition coefficient (Wildman–Crippen LogP) is 1.57. The molecule has 2 nitrogen and oxygen atoms in total. The molecule has 0 aliphatic carbocycles. The minimum Gasteiger partial charge on any atom is -0.267 e. The quantitative estimate of drug-likeness (QED) is 0.544. The fourth-order valence-electron chi connectivity index (χ4n) is 1.28. The summed E-state index contributed by atoms with van der Waals surface area (Å²) >= 11 is 0. The van der Waals surface area contributed by atoms with Crippen LogP contribution in [0, 0.1) is 6.92 Å². The van der Waals surface area contributed by atoms with Gasteiger partial charge in [-0.1, -0.05) is 18.2 Å². The topological polar surface area (TPSA) is 29.4 Å². The van der Waals surface area contributed by atoms with E-state index in [1.165, 1.54) is 0 Å². The van der Waals surface area contributed by atoms with Gasteiger partial charge in [0.15, 0.2) is 0 Å². The molecule has 1 aliphatic rings. The molecule has 0 unspecified atom stereocenters. The van der Waals surface area contributed by atoms with Crippen molar-refractivity contribution in [2.45, 2.75) is 6.92 Å². The standard InChI is InChI=1S/C9H7NO/c1-6-3-2-4-7-5-10-9(11)8(6)7/h2-5H,1H3. The number of fused-ring (bicyclic) bond motifs is 1. The zero-order valence-corrected chi connectivity index (χ0v) is 6.16. The number of carbonyl (C=O) groups excluding carboxylic acids is 1.